The van der Waals surface area contributed by atoms with E-state index in [0.717, 1.165) is 32.1 Å². The van der Waals surface area contributed by atoms with E-state index in [4.69, 9.17) is 4.84 Å². The van der Waals surface area contributed by atoms with Crippen molar-refractivity contribution in [1.29, 1.82) is 0 Å². The van der Waals surface area contributed by atoms with E-state index in [1.807, 2.05) is 18.7 Å². The highest BCUT2D eigenvalue weighted by atomic mass is 32.2. The molecule has 5 unspecified atom stereocenters. The number of rotatable bonds is 9. The van der Waals surface area contributed by atoms with Crippen LogP contribution in [0.3, 0.4) is 0 Å². The first kappa shape index (κ1) is 24.9. The molecule has 4 fully saturated rings. The number of urea groups is 1. The quantitative estimate of drug-likeness (QED) is 0.520. The lowest BCUT2D eigenvalue weighted by Crippen LogP contribution is -2.65. The number of nitrogens with one attached hydrogen (secondary N) is 2. The molecule has 9 nitrogen and oxygen atoms in total. The van der Waals surface area contributed by atoms with Gasteiger partial charge < -0.3 is 4.90 Å². The summed E-state index contributed by atoms with van der Waals surface area (Å²) in [6.07, 6.45) is 5.36. The molecule has 2 aliphatic heterocycles. The van der Waals surface area contributed by atoms with Crippen LogP contribution in [0.1, 0.15) is 79.1 Å². The molecular weight excluding hydrogens is 444 g/mol. The van der Waals surface area contributed by atoms with Gasteiger partial charge in [-0.05, 0) is 58.3 Å². The van der Waals surface area contributed by atoms with Crippen molar-refractivity contribution in [3.05, 3.63) is 0 Å². The maximum absolute atomic E-state index is 13.6. The fourth-order valence-electron chi connectivity index (χ4n) is 5.57. The predicted molar refractivity (Wildman–Crippen MR) is 125 cm³/mol. The van der Waals surface area contributed by atoms with E-state index in [2.05, 4.69) is 24.0 Å². The molecule has 2 aliphatic carbocycles. The van der Waals surface area contributed by atoms with E-state index in [0.29, 0.717) is 25.3 Å². The third kappa shape index (κ3) is 5.23. The molecule has 0 bridgehead atoms. The van der Waals surface area contributed by atoms with E-state index < -0.39 is 21.2 Å². The average Bonchev–Trinajstić information content (AvgIpc) is 3.34. The minimum Gasteiger partial charge on any atom is -0.320 e. The molecule has 0 aromatic rings. The van der Waals surface area contributed by atoms with Crippen LogP contribution in [0.15, 0.2) is 0 Å². The third-order valence-electron chi connectivity index (χ3n) is 8.10. The Labute approximate surface area is 198 Å². The van der Waals surface area contributed by atoms with Crippen molar-refractivity contribution in [2.45, 2.75) is 108 Å². The Morgan fingerprint density at radius 3 is 2.45 bits per heavy atom. The van der Waals surface area contributed by atoms with Gasteiger partial charge in [0.05, 0.1) is 23.8 Å². The van der Waals surface area contributed by atoms with Gasteiger partial charge in [-0.3, -0.25) is 14.5 Å². The van der Waals surface area contributed by atoms with Crippen LogP contribution in [-0.2, 0) is 19.7 Å². The van der Waals surface area contributed by atoms with Crippen molar-refractivity contribution in [3.8, 4) is 0 Å². The maximum atomic E-state index is 13.6. The van der Waals surface area contributed by atoms with Crippen molar-refractivity contribution in [2.75, 3.05) is 13.1 Å². The number of carbonyl (C=O) groups is 2. The highest BCUT2D eigenvalue weighted by Crippen LogP contribution is 2.40. The summed E-state index contributed by atoms with van der Waals surface area (Å²) in [5.74, 6) is -0.385. The van der Waals surface area contributed by atoms with Crippen molar-refractivity contribution < 1.29 is 22.8 Å². The lowest BCUT2D eigenvalue weighted by molar-refractivity contribution is -0.142. The summed E-state index contributed by atoms with van der Waals surface area (Å²) >= 11 is 0. The fourth-order valence-corrected chi connectivity index (χ4v) is 7.53. The molecule has 3 amide bonds. The molecule has 0 radical (unpaired) electrons. The normalized spacial score (nSPS) is 34.2. The standard InChI is InChI=1S/C23H40N4O5S/c1-5-16(6-2)13-26-20-8-7-18(33(30,31)25-23(4)9-10-23)12-19(20)21(28)27(22(26)29)14-17-11-15(3)24-32-17/h15-20,24-25H,5-14H2,1-4H3. The van der Waals surface area contributed by atoms with E-state index >= 15 is 0 Å². The van der Waals surface area contributed by atoms with Gasteiger partial charge in [-0.25, -0.2) is 17.9 Å². The summed E-state index contributed by atoms with van der Waals surface area (Å²) in [5.41, 5.74) is 2.58. The molecule has 33 heavy (non-hydrogen) atoms. The summed E-state index contributed by atoms with van der Waals surface area (Å²) in [4.78, 5) is 35.9. The minimum absolute atomic E-state index is 0.164. The number of sulfonamides is 1. The van der Waals surface area contributed by atoms with Gasteiger partial charge in [-0.2, -0.15) is 5.48 Å². The van der Waals surface area contributed by atoms with Gasteiger partial charge in [0.25, 0.3) is 0 Å². The molecule has 2 saturated carbocycles. The van der Waals surface area contributed by atoms with Crippen LogP contribution in [0, 0.1) is 11.8 Å². The number of carbonyl (C=O) groups excluding carboxylic acids is 2. The first-order valence-corrected chi connectivity index (χ1v) is 14.2. The average molecular weight is 485 g/mol. The topological polar surface area (TPSA) is 108 Å². The molecule has 0 aromatic carbocycles. The maximum Gasteiger partial charge on any atom is 0.327 e. The largest absolute Gasteiger partial charge is 0.327 e. The number of fused-ring (bicyclic) bond motifs is 1. The third-order valence-corrected chi connectivity index (χ3v) is 10.2. The highest BCUT2D eigenvalue weighted by molar-refractivity contribution is 7.90. The number of hydroxylamine groups is 1. The van der Waals surface area contributed by atoms with Gasteiger partial charge in [0.1, 0.15) is 0 Å². The molecule has 4 rings (SSSR count). The zero-order chi connectivity index (χ0) is 24.0. The van der Waals surface area contributed by atoms with Crippen molar-refractivity contribution in [1.82, 2.24) is 20.0 Å². The second kappa shape index (κ2) is 9.43. The Kier molecular flexibility index (Phi) is 7.11. The van der Waals surface area contributed by atoms with Crippen LogP contribution in [0.5, 0.6) is 0 Å². The van der Waals surface area contributed by atoms with Crippen LogP contribution in [0.2, 0.25) is 0 Å². The smallest absolute Gasteiger partial charge is 0.320 e. The van der Waals surface area contributed by atoms with Crippen molar-refractivity contribution in [3.63, 3.8) is 0 Å². The van der Waals surface area contributed by atoms with Gasteiger partial charge in [0, 0.05) is 24.2 Å². The van der Waals surface area contributed by atoms with Crippen molar-refractivity contribution in [2.24, 2.45) is 11.8 Å². The first-order valence-electron chi connectivity index (χ1n) is 12.6. The van der Waals surface area contributed by atoms with E-state index in [9.17, 15) is 18.0 Å². The van der Waals surface area contributed by atoms with Crippen LogP contribution in [-0.4, -0.2) is 72.2 Å². The molecule has 0 aromatic heterocycles. The zero-order valence-corrected chi connectivity index (χ0v) is 21.2. The van der Waals surface area contributed by atoms with Gasteiger partial charge in [0.15, 0.2) is 0 Å². The predicted octanol–water partition coefficient (Wildman–Crippen LogP) is 2.38. The van der Waals surface area contributed by atoms with Crippen LogP contribution >= 0.6 is 0 Å². The van der Waals surface area contributed by atoms with Gasteiger partial charge in [0.2, 0.25) is 15.9 Å². The van der Waals surface area contributed by atoms with E-state index in [1.54, 1.807) is 0 Å². The molecule has 188 valence electrons. The molecule has 10 heteroatoms. The molecule has 2 heterocycles. The SMILES string of the molecule is CCC(CC)CN1C(=O)N(CC2CC(C)NO2)C(=O)C2CC(S(=O)(=O)NC3(C)CC3)CCC21. The van der Waals surface area contributed by atoms with Crippen molar-refractivity contribution >= 4 is 22.0 Å². The summed E-state index contributed by atoms with van der Waals surface area (Å²) in [7, 11) is -3.52. The molecule has 2 saturated heterocycles. The monoisotopic (exact) mass is 484 g/mol. The second-order valence-corrected chi connectivity index (χ2v) is 12.8. The fraction of sp³-hybridized carbons (Fsp3) is 0.913. The van der Waals surface area contributed by atoms with E-state index in [-0.39, 0.29) is 48.6 Å². The number of amides is 3. The molecule has 5 atom stereocenters. The number of imide groups is 1. The Morgan fingerprint density at radius 1 is 1.18 bits per heavy atom. The summed E-state index contributed by atoms with van der Waals surface area (Å²) < 4.78 is 29.1. The second-order valence-electron chi connectivity index (χ2n) is 10.9. The molecule has 4 aliphatic rings. The van der Waals surface area contributed by atoms with Crippen LogP contribution in [0.4, 0.5) is 4.79 Å². The minimum atomic E-state index is -3.52. The summed E-state index contributed by atoms with van der Waals surface area (Å²) in [6.45, 7) is 8.97. The zero-order valence-electron chi connectivity index (χ0n) is 20.4. The summed E-state index contributed by atoms with van der Waals surface area (Å²) in [5, 5.41) is -0.602. The van der Waals surface area contributed by atoms with Gasteiger partial charge >= 0.3 is 6.03 Å². The Balaban J connectivity index is 1.56. The molecular formula is C23H40N4O5S. The Morgan fingerprint density at radius 2 is 1.88 bits per heavy atom. The van der Waals surface area contributed by atoms with Crippen LogP contribution < -0.4 is 10.2 Å². The highest BCUT2D eigenvalue weighted by Gasteiger charge is 2.52. The first-order chi connectivity index (χ1) is 15.6. The number of hydrogen-bond acceptors (Lipinski definition) is 6. The van der Waals surface area contributed by atoms with Crippen LogP contribution in [0.25, 0.3) is 0 Å². The lowest BCUT2D eigenvalue weighted by atomic mass is 9.80. The number of nitrogens with zero attached hydrogens (tertiary/aromatic N) is 2. The Hall–Kier alpha value is -1.23. The lowest BCUT2D eigenvalue weighted by Gasteiger charge is -2.49. The molecule has 2 N–H and O–H groups in total. The van der Waals surface area contributed by atoms with E-state index in [1.165, 1.54) is 4.90 Å². The Bertz CT molecular complexity index is 857. The number of hydrogen-bond donors (Lipinski definition) is 2. The van der Waals surface area contributed by atoms with Gasteiger partial charge in [-0.1, -0.05) is 26.7 Å². The molecule has 0 spiro atoms. The van der Waals surface area contributed by atoms with Gasteiger partial charge in [-0.15, -0.1) is 0 Å². The summed E-state index contributed by atoms with van der Waals surface area (Å²) in [6, 6.07) is -0.315.